The van der Waals surface area contributed by atoms with Crippen molar-refractivity contribution in [2.75, 3.05) is 32.8 Å². The number of piperazine rings is 1. The van der Waals surface area contributed by atoms with Crippen molar-refractivity contribution >= 4 is 0 Å². The minimum atomic E-state index is 0.689. The lowest BCUT2D eigenvalue weighted by Crippen LogP contribution is -2.50. The van der Waals surface area contributed by atoms with Crippen molar-refractivity contribution in [3.63, 3.8) is 0 Å². The molecule has 1 fully saturated rings. The molecule has 1 unspecified atom stereocenters. The normalized spacial score (nSPS) is 20.4. The fourth-order valence-corrected chi connectivity index (χ4v) is 2.63. The summed E-state index contributed by atoms with van der Waals surface area (Å²) in [6, 6.07) is 10.8. The van der Waals surface area contributed by atoms with E-state index < -0.39 is 0 Å². The number of nitrogens with one attached hydrogen (secondary N) is 1. The van der Waals surface area contributed by atoms with Gasteiger partial charge in [-0.3, -0.25) is 0 Å². The molecule has 0 amide bonds. The van der Waals surface area contributed by atoms with E-state index in [1.54, 1.807) is 0 Å². The third kappa shape index (κ3) is 5.21. The van der Waals surface area contributed by atoms with E-state index in [0.717, 1.165) is 31.9 Å². The van der Waals surface area contributed by atoms with Crippen LogP contribution in [0.25, 0.3) is 0 Å². The van der Waals surface area contributed by atoms with Crippen LogP contribution < -0.4 is 10.1 Å². The lowest BCUT2D eigenvalue weighted by atomic mass is 10.1. The molecule has 1 aliphatic rings. The molecule has 3 nitrogen and oxygen atoms in total. The van der Waals surface area contributed by atoms with Crippen molar-refractivity contribution in [2.45, 2.75) is 32.2 Å². The lowest BCUT2D eigenvalue weighted by Gasteiger charge is -2.33. The van der Waals surface area contributed by atoms with Crippen LogP contribution in [0.5, 0.6) is 5.75 Å². The topological polar surface area (TPSA) is 24.5 Å². The van der Waals surface area contributed by atoms with Gasteiger partial charge in [-0.05, 0) is 25.0 Å². The van der Waals surface area contributed by atoms with Gasteiger partial charge in [0.2, 0.25) is 0 Å². The van der Waals surface area contributed by atoms with Crippen LogP contribution in [0.3, 0.4) is 0 Å². The van der Waals surface area contributed by atoms with E-state index in [2.05, 4.69) is 17.1 Å². The van der Waals surface area contributed by atoms with E-state index >= 15 is 0 Å². The van der Waals surface area contributed by atoms with Gasteiger partial charge in [0.25, 0.3) is 0 Å². The molecule has 1 aliphatic heterocycles. The summed E-state index contributed by atoms with van der Waals surface area (Å²) in [6.07, 6.45) is 3.66. The monoisotopic (exact) mass is 262 g/mol. The Morgan fingerprint density at radius 2 is 2.16 bits per heavy atom. The first-order valence-corrected chi connectivity index (χ1v) is 7.52. The Kier molecular flexibility index (Phi) is 6.18. The molecule has 0 bridgehead atoms. The molecule has 1 atom stereocenters. The fraction of sp³-hybridized carbons (Fsp3) is 0.625. The van der Waals surface area contributed by atoms with Crippen LogP contribution in [0.4, 0.5) is 0 Å². The SMILES string of the molecule is CCCC1CN(CCCOc2ccccc2)CCN1. The van der Waals surface area contributed by atoms with Crippen molar-refractivity contribution < 1.29 is 4.74 Å². The molecule has 1 N–H and O–H groups in total. The Hall–Kier alpha value is -1.06. The Morgan fingerprint density at radius 3 is 2.95 bits per heavy atom. The maximum Gasteiger partial charge on any atom is 0.119 e. The van der Waals surface area contributed by atoms with E-state index in [1.807, 2.05) is 30.3 Å². The van der Waals surface area contributed by atoms with Crippen molar-refractivity contribution in [3.05, 3.63) is 30.3 Å². The Morgan fingerprint density at radius 1 is 1.32 bits per heavy atom. The minimum absolute atomic E-state index is 0.689. The second-order valence-electron chi connectivity index (χ2n) is 5.26. The third-order valence-electron chi connectivity index (χ3n) is 3.61. The van der Waals surface area contributed by atoms with Gasteiger partial charge < -0.3 is 15.0 Å². The van der Waals surface area contributed by atoms with Crippen LogP contribution in [0.2, 0.25) is 0 Å². The summed E-state index contributed by atoms with van der Waals surface area (Å²) in [5.74, 6) is 0.978. The summed E-state index contributed by atoms with van der Waals surface area (Å²) in [4.78, 5) is 2.56. The zero-order valence-corrected chi connectivity index (χ0v) is 12.0. The van der Waals surface area contributed by atoms with Crippen molar-refractivity contribution in [1.29, 1.82) is 0 Å². The highest BCUT2D eigenvalue weighted by molar-refractivity contribution is 5.20. The second kappa shape index (κ2) is 8.18. The molecule has 19 heavy (non-hydrogen) atoms. The van der Waals surface area contributed by atoms with E-state index in [4.69, 9.17) is 4.74 Å². The van der Waals surface area contributed by atoms with Crippen LogP contribution in [0.15, 0.2) is 30.3 Å². The van der Waals surface area contributed by atoms with Crippen LogP contribution in [0.1, 0.15) is 26.2 Å². The average Bonchev–Trinajstić information content (AvgIpc) is 2.46. The third-order valence-corrected chi connectivity index (χ3v) is 3.61. The summed E-state index contributed by atoms with van der Waals surface area (Å²) in [6.45, 7) is 7.71. The number of benzene rings is 1. The van der Waals surface area contributed by atoms with Gasteiger partial charge in [0, 0.05) is 32.2 Å². The first-order valence-electron chi connectivity index (χ1n) is 7.52. The van der Waals surface area contributed by atoms with Crippen molar-refractivity contribution in [2.24, 2.45) is 0 Å². The highest BCUT2D eigenvalue weighted by atomic mass is 16.5. The predicted molar refractivity (Wildman–Crippen MR) is 79.7 cm³/mol. The second-order valence-corrected chi connectivity index (χ2v) is 5.26. The van der Waals surface area contributed by atoms with Gasteiger partial charge in [-0.1, -0.05) is 31.5 Å². The fourth-order valence-electron chi connectivity index (χ4n) is 2.63. The van der Waals surface area contributed by atoms with E-state index in [1.165, 1.54) is 25.9 Å². The van der Waals surface area contributed by atoms with Crippen molar-refractivity contribution in [3.8, 4) is 5.75 Å². The summed E-state index contributed by atoms with van der Waals surface area (Å²) < 4.78 is 5.73. The van der Waals surface area contributed by atoms with Gasteiger partial charge in [-0.25, -0.2) is 0 Å². The zero-order chi connectivity index (χ0) is 13.3. The van der Waals surface area contributed by atoms with E-state index in [-0.39, 0.29) is 0 Å². The maximum atomic E-state index is 5.73. The highest BCUT2D eigenvalue weighted by Crippen LogP contribution is 2.09. The summed E-state index contributed by atoms with van der Waals surface area (Å²) in [5.41, 5.74) is 0. The molecule has 0 spiro atoms. The number of hydrogen-bond acceptors (Lipinski definition) is 3. The molecule has 106 valence electrons. The predicted octanol–water partition coefficient (Wildman–Crippen LogP) is 2.53. The van der Waals surface area contributed by atoms with E-state index in [0.29, 0.717) is 6.04 Å². The number of ether oxygens (including phenoxy) is 1. The lowest BCUT2D eigenvalue weighted by molar-refractivity contribution is 0.179. The quantitative estimate of drug-likeness (QED) is 0.764. The zero-order valence-electron chi connectivity index (χ0n) is 12.0. The van der Waals surface area contributed by atoms with Crippen LogP contribution in [-0.2, 0) is 0 Å². The first-order chi connectivity index (χ1) is 9.38. The molecule has 0 aromatic heterocycles. The number of para-hydroxylation sites is 1. The number of rotatable bonds is 7. The van der Waals surface area contributed by atoms with Gasteiger partial charge in [0.05, 0.1) is 6.61 Å². The molecule has 0 radical (unpaired) electrons. The molecule has 0 aliphatic carbocycles. The standard InChI is InChI=1S/C16H26N2O/c1-2-7-15-14-18(12-10-17-15)11-6-13-19-16-8-4-3-5-9-16/h3-5,8-9,15,17H,2,6-7,10-14H2,1H3. The van der Waals surface area contributed by atoms with Gasteiger partial charge in [0.15, 0.2) is 0 Å². The highest BCUT2D eigenvalue weighted by Gasteiger charge is 2.17. The summed E-state index contributed by atoms with van der Waals surface area (Å²) in [7, 11) is 0. The molecule has 1 heterocycles. The number of nitrogens with zero attached hydrogens (tertiary/aromatic N) is 1. The molecule has 1 aromatic carbocycles. The van der Waals surface area contributed by atoms with Gasteiger partial charge in [-0.2, -0.15) is 0 Å². The average molecular weight is 262 g/mol. The van der Waals surface area contributed by atoms with Crippen LogP contribution in [-0.4, -0.2) is 43.7 Å². The number of hydrogen-bond donors (Lipinski definition) is 1. The van der Waals surface area contributed by atoms with Gasteiger partial charge in [-0.15, -0.1) is 0 Å². The van der Waals surface area contributed by atoms with Crippen LogP contribution >= 0.6 is 0 Å². The first kappa shape index (κ1) is 14.4. The Labute approximate surface area is 116 Å². The maximum absolute atomic E-state index is 5.73. The molecular formula is C16H26N2O. The molecular weight excluding hydrogens is 236 g/mol. The molecule has 0 saturated carbocycles. The van der Waals surface area contributed by atoms with Crippen LogP contribution in [0, 0.1) is 0 Å². The Bertz CT molecular complexity index is 340. The molecule has 2 rings (SSSR count). The molecule has 1 saturated heterocycles. The molecule has 3 heteroatoms. The largest absolute Gasteiger partial charge is 0.494 e. The smallest absolute Gasteiger partial charge is 0.119 e. The van der Waals surface area contributed by atoms with Gasteiger partial charge in [0.1, 0.15) is 5.75 Å². The minimum Gasteiger partial charge on any atom is -0.494 e. The van der Waals surface area contributed by atoms with Crippen molar-refractivity contribution in [1.82, 2.24) is 10.2 Å². The Balaban J connectivity index is 1.60. The van der Waals surface area contributed by atoms with Gasteiger partial charge >= 0.3 is 0 Å². The summed E-state index contributed by atoms with van der Waals surface area (Å²) in [5, 5.41) is 3.59. The van der Waals surface area contributed by atoms with E-state index in [9.17, 15) is 0 Å². The molecule has 1 aromatic rings. The summed E-state index contributed by atoms with van der Waals surface area (Å²) >= 11 is 0.